The van der Waals surface area contributed by atoms with Gasteiger partial charge in [0.2, 0.25) is 5.91 Å². The summed E-state index contributed by atoms with van der Waals surface area (Å²) in [5, 5.41) is 16.0. The number of hydrogen-bond acceptors (Lipinski definition) is 3. The number of rotatable bonds is 3. The molecule has 0 bridgehead atoms. The molecule has 1 heterocycles. The molecule has 1 atom stereocenters. The Labute approximate surface area is 117 Å². The van der Waals surface area contributed by atoms with Crippen molar-refractivity contribution in [3.63, 3.8) is 0 Å². The lowest BCUT2D eigenvalue weighted by molar-refractivity contribution is -0.119. The van der Waals surface area contributed by atoms with Gasteiger partial charge in [-0.2, -0.15) is 10.4 Å². The maximum absolute atomic E-state index is 12.2. The summed E-state index contributed by atoms with van der Waals surface area (Å²) in [5.41, 5.74) is 2.95. The molecule has 0 aliphatic rings. The number of nitriles is 1. The van der Waals surface area contributed by atoms with Crippen LogP contribution in [0.3, 0.4) is 0 Å². The smallest absolute Gasteiger partial charge is 0.248 e. The van der Waals surface area contributed by atoms with Gasteiger partial charge < -0.3 is 5.32 Å². The van der Waals surface area contributed by atoms with Crippen molar-refractivity contribution >= 4 is 11.6 Å². The number of aryl methyl sites for hydroxylation is 2. The van der Waals surface area contributed by atoms with E-state index in [1.165, 1.54) is 0 Å². The Balaban J connectivity index is 2.15. The minimum atomic E-state index is -0.408. The molecule has 0 spiro atoms. The van der Waals surface area contributed by atoms with Crippen LogP contribution >= 0.6 is 0 Å². The van der Waals surface area contributed by atoms with Crippen molar-refractivity contribution < 1.29 is 4.79 Å². The molecule has 1 amide bonds. The molecular formula is C15H16N4O. The largest absolute Gasteiger partial charge is 0.324 e. The Morgan fingerprint density at radius 3 is 2.75 bits per heavy atom. The minimum Gasteiger partial charge on any atom is -0.324 e. The predicted octanol–water partition coefficient (Wildman–Crippen LogP) is 2.57. The van der Waals surface area contributed by atoms with E-state index in [1.807, 2.05) is 26.0 Å². The van der Waals surface area contributed by atoms with Gasteiger partial charge in [-0.05, 0) is 45.0 Å². The van der Waals surface area contributed by atoms with Gasteiger partial charge in [0.1, 0.15) is 6.04 Å². The average Bonchev–Trinajstić information content (AvgIpc) is 2.77. The first kappa shape index (κ1) is 13.8. The standard InChI is InChI=1S/C15H16N4O/c1-10-7-11(2)19(18-10)12(3)15(20)17-14-6-4-5-13(8-14)9-16/h4-8,12H,1-3H3,(H,17,20). The molecule has 2 rings (SSSR count). The first-order chi connectivity index (χ1) is 9.51. The van der Waals surface area contributed by atoms with Crippen LogP contribution in [0.4, 0.5) is 5.69 Å². The van der Waals surface area contributed by atoms with E-state index in [4.69, 9.17) is 5.26 Å². The van der Waals surface area contributed by atoms with Crippen molar-refractivity contribution in [1.82, 2.24) is 9.78 Å². The maximum Gasteiger partial charge on any atom is 0.248 e. The second-order valence-corrected chi connectivity index (χ2v) is 4.73. The van der Waals surface area contributed by atoms with Crippen LogP contribution in [0.15, 0.2) is 30.3 Å². The monoisotopic (exact) mass is 268 g/mol. The molecule has 0 saturated heterocycles. The van der Waals surface area contributed by atoms with Crippen molar-refractivity contribution in [2.24, 2.45) is 0 Å². The molecule has 0 aliphatic carbocycles. The molecule has 1 aromatic heterocycles. The second-order valence-electron chi connectivity index (χ2n) is 4.73. The van der Waals surface area contributed by atoms with Gasteiger partial charge in [0.05, 0.1) is 17.3 Å². The topological polar surface area (TPSA) is 70.7 Å². The third-order valence-electron chi connectivity index (χ3n) is 3.05. The van der Waals surface area contributed by atoms with Gasteiger partial charge in [0.15, 0.2) is 0 Å². The highest BCUT2D eigenvalue weighted by Crippen LogP contribution is 2.15. The lowest BCUT2D eigenvalue weighted by atomic mass is 10.2. The third kappa shape index (κ3) is 2.86. The Morgan fingerprint density at radius 1 is 1.40 bits per heavy atom. The van der Waals surface area contributed by atoms with Gasteiger partial charge in [-0.25, -0.2) is 0 Å². The first-order valence-corrected chi connectivity index (χ1v) is 6.35. The van der Waals surface area contributed by atoms with Crippen molar-refractivity contribution in [2.75, 3.05) is 5.32 Å². The Hall–Kier alpha value is -2.61. The first-order valence-electron chi connectivity index (χ1n) is 6.35. The summed E-state index contributed by atoms with van der Waals surface area (Å²) in [4.78, 5) is 12.2. The quantitative estimate of drug-likeness (QED) is 0.930. The molecular weight excluding hydrogens is 252 g/mol. The van der Waals surface area contributed by atoms with Crippen LogP contribution in [0.5, 0.6) is 0 Å². The lowest BCUT2D eigenvalue weighted by Gasteiger charge is -2.14. The normalized spacial score (nSPS) is 11.7. The molecule has 5 nitrogen and oxygen atoms in total. The molecule has 0 aliphatic heterocycles. The second kappa shape index (κ2) is 5.57. The van der Waals surface area contributed by atoms with Crippen molar-refractivity contribution in [2.45, 2.75) is 26.8 Å². The summed E-state index contributed by atoms with van der Waals surface area (Å²) >= 11 is 0. The fourth-order valence-electron chi connectivity index (χ4n) is 2.06. The molecule has 0 fully saturated rings. The molecule has 1 N–H and O–H groups in total. The fourth-order valence-corrected chi connectivity index (χ4v) is 2.06. The number of hydrogen-bond donors (Lipinski definition) is 1. The molecule has 5 heteroatoms. The zero-order valence-corrected chi connectivity index (χ0v) is 11.7. The fraction of sp³-hybridized carbons (Fsp3) is 0.267. The Bertz CT molecular complexity index is 681. The summed E-state index contributed by atoms with van der Waals surface area (Å²) < 4.78 is 1.69. The van der Waals surface area contributed by atoms with Crippen LogP contribution in [0, 0.1) is 25.2 Å². The number of nitrogens with zero attached hydrogens (tertiary/aromatic N) is 3. The zero-order valence-electron chi connectivity index (χ0n) is 11.7. The number of nitrogens with one attached hydrogen (secondary N) is 1. The summed E-state index contributed by atoms with van der Waals surface area (Å²) in [6.07, 6.45) is 0. The van der Waals surface area contributed by atoms with E-state index in [0.29, 0.717) is 11.3 Å². The SMILES string of the molecule is Cc1cc(C)n(C(C)C(=O)Nc2cccc(C#N)c2)n1. The number of amides is 1. The molecule has 1 unspecified atom stereocenters. The van der Waals surface area contributed by atoms with E-state index in [-0.39, 0.29) is 5.91 Å². The van der Waals surface area contributed by atoms with E-state index in [9.17, 15) is 4.79 Å². The van der Waals surface area contributed by atoms with Crippen LogP contribution in [-0.4, -0.2) is 15.7 Å². The van der Waals surface area contributed by atoms with E-state index in [0.717, 1.165) is 11.4 Å². The molecule has 2 aromatic rings. The predicted molar refractivity (Wildman–Crippen MR) is 76.2 cm³/mol. The van der Waals surface area contributed by atoms with Gasteiger partial charge in [0.25, 0.3) is 0 Å². The van der Waals surface area contributed by atoms with E-state index < -0.39 is 6.04 Å². The lowest BCUT2D eigenvalue weighted by Crippen LogP contribution is -2.25. The average molecular weight is 268 g/mol. The van der Waals surface area contributed by atoms with E-state index in [2.05, 4.69) is 10.4 Å². The molecule has 1 aromatic carbocycles. The maximum atomic E-state index is 12.2. The van der Waals surface area contributed by atoms with Crippen molar-refractivity contribution in [3.05, 3.63) is 47.3 Å². The van der Waals surface area contributed by atoms with Crippen molar-refractivity contribution in [1.29, 1.82) is 5.26 Å². The molecule has 0 saturated carbocycles. The van der Waals surface area contributed by atoms with Crippen LogP contribution in [-0.2, 0) is 4.79 Å². The number of aromatic nitrogens is 2. The third-order valence-corrected chi connectivity index (χ3v) is 3.05. The van der Waals surface area contributed by atoms with Gasteiger partial charge in [-0.15, -0.1) is 0 Å². The van der Waals surface area contributed by atoms with Crippen LogP contribution in [0.2, 0.25) is 0 Å². The summed E-state index contributed by atoms with van der Waals surface area (Å²) in [5.74, 6) is -0.161. The zero-order chi connectivity index (χ0) is 14.7. The summed E-state index contributed by atoms with van der Waals surface area (Å²) in [6, 6.07) is 10.4. The number of carbonyl (C=O) groups is 1. The van der Waals surface area contributed by atoms with E-state index >= 15 is 0 Å². The van der Waals surface area contributed by atoms with Crippen LogP contribution in [0.25, 0.3) is 0 Å². The van der Waals surface area contributed by atoms with Gasteiger partial charge in [-0.1, -0.05) is 6.07 Å². The summed E-state index contributed by atoms with van der Waals surface area (Å²) in [7, 11) is 0. The molecule has 0 radical (unpaired) electrons. The van der Waals surface area contributed by atoms with Crippen molar-refractivity contribution in [3.8, 4) is 6.07 Å². The van der Waals surface area contributed by atoms with Gasteiger partial charge in [-0.3, -0.25) is 9.48 Å². The highest BCUT2D eigenvalue weighted by molar-refractivity contribution is 5.93. The minimum absolute atomic E-state index is 0.161. The number of anilines is 1. The highest BCUT2D eigenvalue weighted by atomic mass is 16.2. The van der Waals surface area contributed by atoms with Crippen LogP contribution < -0.4 is 5.32 Å². The van der Waals surface area contributed by atoms with Gasteiger partial charge >= 0.3 is 0 Å². The summed E-state index contributed by atoms with van der Waals surface area (Å²) in [6.45, 7) is 5.60. The van der Waals surface area contributed by atoms with Crippen LogP contribution in [0.1, 0.15) is 29.9 Å². The van der Waals surface area contributed by atoms with E-state index in [1.54, 1.807) is 35.9 Å². The molecule has 20 heavy (non-hydrogen) atoms. The Kier molecular flexibility index (Phi) is 3.85. The molecule has 102 valence electrons. The number of benzene rings is 1. The number of carbonyl (C=O) groups excluding carboxylic acids is 1. The van der Waals surface area contributed by atoms with Gasteiger partial charge in [0, 0.05) is 11.4 Å². The Morgan fingerprint density at radius 2 is 2.15 bits per heavy atom. The highest BCUT2D eigenvalue weighted by Gasteiger charge is 2.17.